The van der Waals surface area contributed by atoms with Crippen LogP contribution >= 0.6 is 11.6 Å². The Morgan fingerprint density at radius 3 is 2.46 bits per heavy atom. The van der Waals surface area contributed by atoms with Gasteiger partial charge in [0.25, 0.3) is 10.0 Å². The van der Waals surface area contributed by atoms with Gasteiger partial charge in [-0.1, -0.05) is 35.9 Å². The van der Waals surface area contributed by atoms with Gasteiger partial charge in [-0.15, -0.1) is 0 Å². The molecule has 0 aliphatic carbocycles. The second kappa shape index (κ2) is 6.47. The van der Waals surface area contributed by atoms with E-state index in [1.807, 2.05) is 24.3 Å². The van der Waals surface area contributed by atoms with Crippen molar-refractivity contribution < 1.29 is 17.6 Å². The van der Waals surface area contributed by atoms with E-state index in [-0.39, 0.29) is 11.7 Å². The van der Waals surface area contributed by atoms with Crippen LogP contribution in [-0.2, 0) is 16.6 Å². The van der Waals surface area contributed by atoms with E-state index in [0.717, 1.165) is 15.1 Å². The minimum absolute atomic E-state index is 0.105. The maximum absolute atomic E-state index is 12.0. The van der Waals surface area contributed by atoms with Gasteiger partial charge in [-0.25, -0.2) is 12.7 Å². The molecule has 0 saturated carbocycles. The topological polar surface area (TPSA) is 59.8 Å². The fourth-order valence-corrected chi connectivity index (χ4v) is 3.30. The summed E-state index contributed by atoms with van der Waals surface area (Å²) in [5, 5.41) is 2.33. The molecule has 0 atom stereocenters. The van der Waals surface area contributed by atoms with Crippen LogP contribution in [0.2, 0.25) is 5.02 Å². The molecule has 0 fully saturated rings. The molecule has 0 saturated heterocycles. The number of ether oxygens (including phenoxy) is 1. The maximum Gasteiger partial charge on any atom is 0.275 e. The molecule has 2 aromatic carbocycles. The average molecular weight is 366 g/mol. The Balaban J connectivity index is 1.83. The Labute approximate surface area is 145 Å². The first-order valence-electron chi connectivity index (χ1n) is 7.21. The van der Waals surface area contributed by atoms with Crippen LogP contribution in [-0.4, -0.2) is 26.8 Å². The molecule has 1 heterocycles. The summed E-state index contributed by atoms with van der Waals surface area (Å²) in [5.41, 5.74) is 0. The quantitative estimate of drug-likeness (QED) is 0.687. The zero-order chi connectivity index (χ0) is 17.3. The summed E-state index contributed by atoms with van der Waals surface area (Å²) in [5.74, 6) is 1.08. The highest BCUT2D eigenvalue weighted by Crippen LogP contribution is 2.31. The van der Waals surface area contributed by atoms with Crippen molar-refractivity contribution in [1.29, 1.82) is 0 Å². The Hall–Kier alpha value is -2.02. The molecule has 0 aliphatic rings. The van der Waals surface area contributed by atoms with Crippen LogP contribution in [0.4, 0.5) is 0 Å². The summed E-state index contributed by atoms with van der Waals surface area (Å²) in [6, 6.07) is 14.2. The number of furan rings is 1. The molecule has 0 N–H and O–H groups in total. The third kappa shape index (κ3) is 3.13. The second-order valence-electron chi connectivity index (χ2n) is 5.39. The Morgan fingerprint density at radius 2 is 1.75 bits per heavy atom. The lowest BCUT2D eigenvalue weighted by Gasteiger charge is -2.10. The first-order valence-corrected chi connectivity index (χ1v) is 9.02. The van der Waals surface area contributed by atoms with E-state index in [0.29, 0.717) is 16.5 Å². The highest BCUT2D eigenvalue weighted by atomic mass is 35.5. The van der Waals surface area contributed by atoms with Crippen LogP contribution in [0.3, 0.4) is 0 Å². The molecule has 3 rings (SSSR count). The molecule has 0 amide bonds. The predicted molar refractivity (Wildman–Crippen MR) is 92.9 cm³/mol. The van der Waals surface area contributed by atoms with Crippen LogP contribution < -0.4 is 4.74 Å². The van der Waals surface area contributed by atoms with Crippen LogP contribution in [0.1, 0.15) is 5.76 Å². The van der Waals surface area contributed by atoms with Crippen LogP contribution in [0.5, 0.6) is 5.75 Å². The first kappa shape index (κ1) is 16.8. The summed E-state index contributed by atoms with van der Waals surface area (Å²) in [7, 11) is -0.681. The van der Waals surface area contributed by atoms with Gasteiger partial charge < -0.3 is 9.15 Å². The molecule has 0 unspecified atom stereocenters. The fourth-order valence-electron chi connectivity index (χ4n) is 2.26. The molecule has 3 aromatic rings. The maximum atomic E-state index is 12.0. The Bertz CT molecular complexity index is 979. The number of fused-ring (bicyclic) bond motifs is 1. The lowest BCUT2D eigenvalue weighted by atomic mass is 10.1. The van der Waals surface area contributed by atoms with E-state index in [9.17, 15) is 8.42 Å². The van der Waals surface area contributed by atoms with E-state index in [1.165, 1.54) is 20.2 Å². The van der Waals surface area contributed by atoms with Gasteiger partial charge in [-0.2, -0.15) is 0 Å². The standard InChI is InChI=1S/C17H16ClNO4S/c1-19(2)24(20,21)17-10-7-12(23-17)11-22-16-9-8-15(18)13-5-3-4-6-14(13)16/h3-10H,11H2,1-2H3. The van der Waals surface area contributed by atoms with Gasteiger partial charge in [0.15, 0.2) is 0 Å². The van der Waals surface area contributed by atoms with Crippen molar-refractivity contribution >= 4 is 32.4 Å². The number of hydrogen-bond donors (Lipinski definition) is 0. The number of halogens is 1. The number of hydrogen-bond acceptors (Lipinski definition) is 4. The molecule has 0 aliphatic heterocycles. The van der Waals surface area contributed by atoms with Gasteiger partial charge in [0.1, 0.15) is 18.1 Å². The summed E-state index contributed by atoms with van der Waals surface area (Å²) in [6.07, 6.45) is 0. The monoisotopic (exact) mass is 365 g/mol. The SMILES string of the molecule is CN(C)S(=O)(=O)c1ccc(COc2ccc(Cl)c3ccccc23)o1. The van der Waals surface area contributed by atoms with Gasteiger partial charge in [0.05, 0.1) is 0 Å². The van der Waals surface area contributed by atoms with Crippen LogP contribution in [0, 0.1) is 0 Å². The van der Waals surface area contributed by atoms with Gasteiger partial charge in [0, 0.05) is 29.9 Å². The molecule has 5 nitrogen and oxygen atoms in total. The lowest BCUT2D eigenvalue weighted by Crippen LogP contribution is -2.21. The smallest absolute Gasteiger partial charge is 0.275 e. The fraction of sp³-hybridized carbons (Fsp3) is 0.176. The predicted octanol–water partition coefficient (Wildman–Crippen LogP) is 3.92. The van der Waals surface area contributed by atoms with E-state index < -0.39 is 10.0 Å². The normalized spacial score (nSPS) is 12.0. The van der Waals surface area contributed by atoms with Gasteiger partial charge in [-0.05, 0) is 24.3 Å². The van der Waals surface area contributed by atoms with Crippen molar-refractivity contribution in [2.45, 2.75) is 11.7 Å². The van der Waals surface area contributed by atoms with Gasteiger partial charge in [-0.3, -0.25) is 0 Å². The highest BCUT2D eigenvalue weighted by Gasteiger charge is 2.21. The molecule has 0 bridgehead atoms. The molecular formula is C17H16ClNO4S. The average Bonchev–Trinajstić information content (AvgIpc) is 3.04. The zero-order valence-electron chi connectivity index (χ0n) is 13.2. The van der Waals surface area contributed by atoms with Crippen molar-refractivity contribution in [2.75, 3.05) is 14.1 Å². The number of rotatable bonds is 5. The summed E-state index contributed by atoms with van der Waals surface area (Å²) in [4.78, 5) is 0. The Morgan fingerprint density at radius 1 is 1.04 bits per heavy atom. The summed E-state index contributed by atoms with van der Waals surface area (Å²) >= 11 is 6.18. The van der Waals surface area contributed by atoms with E-state index in [1.54, 1.807) is 18.2 Å². The molecule has 0 radical (unpaired) electrons. The molecule has 1 aromatic heterocycles. The second-order valence-corrected chi connectivity index (χ2v) is 7.88. The van der Waals surface area contributed by atoms with Gasteiger partial charge in [0.2, 0.25) is 5.09 Å². The zero-order valence-corrected chi connectivity index (χ0v) is 14.8. The third-order valence-corrected chi connectivity index (χ3v) is 5.59. The van der Waals surface area contributed by atoms with Crippen molar-refractivity contribution in [3.05, 3.63) is 59.3 Å². The summed E-state index contributed by atoms with van der Waals surface area (Å²) < 4.78 is 36.3. The number of nitrogens with zero attached hydrogens (tertiary/aromatic N) is 1. The highest BCUT2D eigenvalue weighted by molar-refractivity contribution is 7.88. The van der Waals surface area contributed by atoms with E-state index in [4.69, 9.17) is 20.8 Å². The minimum atomic E-state index is -3.59. The van der Waals surface area contributed by atoms with E-state index in [2.05, 4.69) is 0 Å². The van der Waals surface area contributed by atoms with E-state index >= 15 is 0 Å². The molecular weight excluding hydrogens is 350 g/mol. The molecule has 7 heteroatoms. The molecule has 126 valence electrons. The first-order chi connectivity index (χ1) is 11.4. The molecule has 24 heavy (non-hydrogen) atoms. The van der Waals surface area contributed by atoms with Crippen LogP contribution in [0.15, 0.2) is 58.0 Å². The minimum Gasteiger partial charge on any atom is -0.485 e. The molecule has 0 spiro atoms. The summed E-state index contributed by atoms with van der Waals surface area (Å²) in [6.45, 7) is 0.120. The van der Waals surface area contributed by atoms with Crippen molar-refractivity contribution in [3.8, 4) is 5.75 Å². The number of sulfonamides is 1. The lowest BCUT2D eigenvalue weighted by molar-refractivity contribution is 0.259. The van der Waals surface area contributed by atoms with Crippen LogP contribution in [0.25, 0.3) is 10.8 Å². The largest absolute Gasteiger partial charge is 0.485 e. The van der Waals surface area contributed by atoms with Crippen molar-refractivity contribution in [1.82, 2.24) is 4.31 Å². The van der Waals surface area contributed by atoms with Crippen molar-refractivity contribution in [2.24, 2.45) is 0 Å². The van der Waals surface area contributed by atoms with Crippen molar-refractivity contribution in [3.63, 3.8) is 0 Å². The number of benzene rings is 2. The van der Waals surface area contributed by atoms with Gasteiger partial charge >= 0.3 is 0 Å². The third-order valence-electron chi connectivity index (χ3n) is 3.57. The Kier molecular flexibility index (Phi) is 4.54.